The van der Waals surface area contributed by atoms with E-state index in [0.29, 0.717) is 17.8 Å². The third-order valence-electron chi connectivity index (χ3n) is 3.21. The molecule has 104 valence electrons. The average Bonchev–Trinajstić information content (AvgIpc) is 2.41. The highest BCUT2D eigenvalue weighted by atomic mass is 19.1. The third-order valence-corrected chi connectivity index (χ3v) is 3.21. The summed E-state index contributed by atoms with van der Waals surface area (Å²) in [5.41, 5.74) is 2.18. The van der Waals surface area contributed by atoms with E-state index in [1.54, 1.807) is 43.3 Å². The Bertz CT molecular complexity index is 640. The Balaban J connectivity index is 2.46. The topological polar surface area (TPSA) is 40.5 Å². The second-order valence-corrected chi connectivity index (χ2v) is 4.50. The predicted octanol–water partition coefficient (Wildman–Crippen LogP) is 3.99. The number of rotatable bonds is 4. The predicted molar refractivity (Wildman–Crippen MR) is 77.2 cm³/mol. The lowest BCUT2D eigenvalue weighted by molar-refractivity contribution is 0.0696. The van der Waals surface area contributed by atoms with E-state index in [1.165, 1.54) is 6.07 Å². The molecule has 4 heteroatoms. The van der Waals surface area contributed by atoms with Gasteiger partial charge in [-0.05, 0) is 49.7 Å². The van der Waals surface area contributed by atoms with Crippen LogP contribution >= 0.6 is 0 Å². The molecule has 1 N–H and O–H groups in total. The van der Waals surface area contributed by atoms with Crippen molar-refractivity contribution in [2.24, 2.45) is 0 Å². The van der Waals surface area contributed by atoms with E-state index in [9.17, 15) is 9.18 Å². The smallest absolute Gasteiger partial charge is 0.335 e. The molecule has 2 rings (SSSR count). The molecular formula is C16H16FNO2. The Morgan fingerprint density at radius 2 is 1.95 bits per heavy atom. The van der Waals surface area contributed by atoms with Crippen LogP contribution in [0.3, 0.4) is 0 Å². The Kier molecular flexibility index (Phi) is 4.03. The van der Waals surface area contributed by atoms with E-state index in [-0.39, 0.29) is 11.4 Å². The van der Waals surface area contributed by atoms with E-state index >= 15 is 0 Å². The Labute approximate surface area is 117 Å². The van der Waals surface area contributed by atoms with Gasteiger partial charge in [0, 0.05) is 12.2 Å². The summed E-state index contributed by atoms with van der Waals surface area (Å²) < 4.78 is 13.9. The third kappa shape index (κ3) is 2.64. The number of para-hydroxylation sites is 1. The van der Waals surface area contributed by atoms with Crippen LogP contribution in [0.4, 0.5) is 15.8 Å². The average molecular weight is 273 g/mol. The number of hydrogen-bond acceptors (Lipinski definition) is 2. The largest absolute Gasteiger partial charge is 0.478 e. The van der Waals surface area contributed by atoms with Crippen LogP contribution in [0.15, 0.2) is 42.5 Å². The molecular weight excluding hydrogens is 257 g/mol. The lowest BCUT2D eigenvalue weighted by atomic mass is 10.1. The number of carboxylic acids is 1. The minimum absolute atomic E-state index is 0.262. The number of carbonyl (C=O) groups is 1. The zero-order valence-electron chi connectivity index (χ0n) is 11.4. The van der Waals surface area contributed by atoms with Crippen molar-refractivity contribution >= 4 is 17.3 Å². The Hall–Kier alpha value is -2.36. The lowest BCUT2D eigenvalue weighted by Crippen LogP contribution is -2.17. The molecule has 2 aromatic carbocycles. The summed E-state index contributed by atoms with van der Waals surface area (Å²) in [5, 5.41) is 9.04. The second-order valence-electron chi connectivity index (χ2n) is 4.50. The number of hydrogen-bond donors (Lipinski definition) is 1. The molecule has 0 amide bonds. The van der Waals surface area contributed by atoms with Crippen molar-refractivity contribution in [2.75, 3.05) is 11.4 Å². The number of aromatic carboxylic acids is 1. The van der Waals surface area contributed by atoms with Gasteiger partial charge in [0.25, 0.3) is 0 Å². The molecule has 0 aliphatic heterocycles. The van der Waals surface area contributed by atoms with E-state index in [4.69, 9.17) is 5.11 Å². The van der Waals surface area contributed by atoms with Gasteiger partial charge in [-0.2, -0.15) is 0 Å². The van der Waals surface area contributed by atoms with Crippen molar-refractivity contribution in [1.29, 1.82) is 0 Å². The van der Waals surface area contributed by atoms with Crippen molar-refractivity contribution in [3.63, 3.8) is 0 Å². The molecule has 0 aliphatic rings. The molecule has 0 saturated carbocycles. The number of halogens is 1. The Morgan fingerprint density at radius 3 is 2.50 bits per heavy atom. The van der Waals surface area contributed by atoms with Crippen LogP contribution in [0.25, 0.3) is 0 Å². The molecule has 0 bridgehead atoms. The fourth-order valence-corrected chi connectivity index (χ4v) is 2.22. The highest BCUT2D eigenvalue weighted by Gasteiger charge is 2.14. The summed E-state index contributed by atoms with van der Waals surface area (Å²) in [6.07, 6.45) is 0. The monoisotopic (exact) mass is 273 g/mol. The van der Waals surface area contributed by atoms with E-state index in [2.05, 4.69) is 0 Å². The van der Waals surface area contributed by atoms with Gasteiger partial charge in [0.05, 0.1) is 11.3 Å². The zero-order valence-corrected chi connectivity index (χ0v) is 11.4. The lowest BCUT2D eigenvalue weighted by Gasteiger charge is -2.24. The van der Waals surface area contributed by atoms with Gasteiger partial charge in [-0.15, -0.1) is 0 Å². The van der Waals surface area contributed by atoms with Crippen LogP contribution < -0.4 is 4.90 Å². The van der Waals surface area contributed by atoms with Crippen LogP contribution in [0.5, 0.6) is 0 Å². The highest BCUT2D eigenvalue weighted by molar-refractivity contribution is 5.90. The van der Waals surface area contributed by atoms with Crippen LogP contribution in [-0.4, -0.2) is 17.6 Å². The van der Waals surface area contributed by atoms with Gasteiger partial charge in [0.15, 0.2) is 0 Å². The molecule has 20 heavy (non-hydrogen) atoms. The van der Waals surface area contributed by atoms with Crippen molar-refractivity contribution in [3.05, 3.63) is 59.4 Å². The first-order valence-corrected chi connectivity index (χ1v) is 6.40. The summed E-state index contributed by atoms with van der Waals surface area (Å²) in [5.74, 6) is -1.25. The molecule has 0 unspecified atom stereocenters. The molecule has 2 aromatic rings. The number of nitrogens with zero attached hydrogens (tertiary/aromatic N) is 1. The Morgan fingerprint density at radius 1 is 1.25 bits per heavy atom. The van der Waals surface area contributed by atoms with Crippen LogP contribution in [-0.2, 0) is 0 Å². The van der Waals surface area contributed by atoms with Crippen molar-refractivity contribution in [1.82, 2.24) is 0 Å². The van der Waals surface area contributed by atoms with E-state index in [0.717, 1.165) is 5.69 Å². The minimum atomic E-state index is -0.956. The van der Waals surface area contributed by atoms with E-state index in [1.807, 2.05) is 11.8 Å². The van der Waals surface area contributed by atoms with Gasteiger partial charge in [0.1, 0.15) is 5.82 Å². The van der Waals surface area contributed by atoms with Crippen molar-refractivity contribution in [2.45, 2.75) is 13.8 Å². The highest BCUT2D eigenvalue weighted by Crippen LogP contribution is 2.28. The number of aryl methyl sites for hydroxylation is 1. The van der Waals surface area contributed by atoms with Crippen molar-refractivity contribution in [3.8, 4) is 0 Å². The summed E-state index contributed by atoms with van der Waals surface area (Å²) >= 11 is 0. The van der Waals surface area contributed by atoms with E-state index < -0.39 is 5.97 Å². The minimum Gasteiger partial charge on any atom is -0.478 e. The maximum absolute atomic E-state index is 13.9. The molecule has 0 spiro atoms. The summed E-state index contributed by atoms with van der Waals surface area (Å²) in [6.45, 7) is 4.25. The van der Waals surface area contributed by atoms with Crippen LogP contribution in [0.2, 0.25) is 0 Å². The van der Waals surface area contributed by atoms with Gasteiger partial charge >= 0.3 is 5.97 Å². The standard InChI is InChI=1S/C16H16FNO2/c1-3-18(15-7-5-4-6-14(15)17)12-8-9-13(16(19)20)11(2)10-12/h4-10H,3H2,1-2H3,(H,19,20). The first-order chi connectivity index (χ1) is 9.54. The maximum atomic E-state index is 13.9. The molecule has 0 aromatic heterocycles. The van der Waals surface area contributed by atoms with Crippen molar-refractivity contribution < 1.29 is 14.3 Å². The van der Waals surface area contributed by atoms with Gasteiger partial charge in [-0.25, -0.2) is 9.18 Å². The molecule has 0 aliphatic carbocycles. The number of carboxylic acid groups (broad SMARTS) is 1. The van der Waals surface area contributed by atoms with Gasteiger partial charge < -0.3 is 10.0 Å². The molecule has 0 heterocycles. The van der Waals surface area contributed by atoms with Gasteiger partial charge in [-0.3, -0.25) is 0 Å². The number of anilines is 2. The molecule has 0 fully saturated rings. The quantitative estimate of drug-likeness (QED) is 0.915. The normalized spacial score (nSPS) is 10.3. The maximum Gasteiger partial charge on any atom is 0.335 e. The summed E-state index contributed by atoms with van der Waals surface area (Å²) in [4.78, 5) is 12.8. The van der Waals surface area contributed by atoms with Crippen LogP contribution in [0.1, 0.15) is 22.8 Å². The molecule has 0 atom stereocenters. The first-order valence-electron chi connectivity index (χ1n) is 6.40. The zero-order chi connectivity index (χ0) is 14.7. The summed E-state index contributed by atoms with van der Waals surface area (Å²) in [6, 6.07) is 11.6. The summed E-state index contributed by atoms with van der Waals surface area (Å²) in [7, 11) is 0. The fraction of sp³-hybridized carbons (Fsp3) is 0.188. The molecule has 3 nitrogen and oxygen atoms in total. The molecule has 0 saturated heterocycles. The number of benzene rings is 2. The van der Waals surface area contributed by atoms with Gasteiger partial charge in [0.2, 0.25) is 0 Å². The first kappa shape index (κ1) is 14.1. The van der Waals surface area contributed by atoms with Crippen LogP contribution in [0, 0.1) is 12.7 Å². The van der Waals surface area contributed by atoms with Gasteiger partial charge in [-0.1, -0.05) is 12.1 Å². The second kappa shape index (κ2) is 5.74. The molecule has 0 radical (unpaired) electrons. The SMILES string of the molecule is CCN(c1ccc(C(=O)O)c(C)c1)c1ccccc1F. The fourth-order valence-electron chi connectivity index (χ4n) is 2.22.